The molecule has 1 fully saturated rings. The number of rotatable bonds is 7. The first-order valence-electron chi connectivity index (χ1n) is 10.4. The standard InChI is InChI=1S/C22H32FN5O2.HI/c1-15(21-16(2)27-30-17(21)3)13-25-22(24-4)26-14-20(28-9-11-29-12-10-28)18-5-7-19(23)8-6-18;/h5-8,15,20H,9-14H2,1-4H3,(H2,24,25,26);1H. The quantitative estimate of drug-likeness (QED) is 0.316. The summed E-state index contributed by atoms with van der Waals surface area (Å²) >= 11 is 0. The van der Waals surface area contributed by atoms with Gasteiger partial charge in [-0.05, 0) is 31.5 Å². The number of nitrogens with zero attached hydrogens (tertiary/aromatic N) is 3. The van der Waals surface area contributed by atoms with Crippen molar-refractivity contribution in [2.24, 2.45) is 4.99 Å². The smallest absolute Gasteiger partial charge is 0.191 e. The molecule has 0 aliphatic carbocycles. The van der Waals surface area contributed by atoms with E-state index in [1.54, 1.807) is 7.05 Å². The Hall–Kier alpha value is -1.72. The highest BCUT2D eigenvalue weighted by Gasteiger charge is 2.23. The van der Waals surface area contributed by atoms with E-state index >= 15 is 0 Å². The predicted molar refractivity (Wildman–Crippen MR) is 131 cm³/mol. The second-order valence-electron chi connectivity index (χ2n) is 7.69. The maximum absolute atomic E-state index is 13.4. The first-order valence-corrected chi connectivity index (χ1v) is 10.4. The molecular formula is C22H33FIN5O2. The van der Waals surface area contributed by atoms with Crippen LogP contribution in [0.5, 0.6) is 0 Å². The molecular weight excluding hydrogens is 512 g/mol. The average Bonchev–Trinajstić information content (AvgIpc) is 3.10. The summed E-state index contributed by atoms with van der Waals surface area (Å²) in [5.41, 5.74) is 3.13. The van der Waals surface area contributed by atoms with E-state index < -0.39 is 0 Å². The number of hydrogen-bond donors (Lipinski definition) is 2. The third kappa shape index (κ3) is 6.88. The first-order chi connectivity index (χ1) is 14.5. The summed E-state index contributed by atoms with van der Waals surface area (Å²) in [4.78, 5) is 6.73. The minimum absolute atomic E-state index is 0. The van der Waals surface area contributed by atoms with Crippen molar-refractivity contribution in [3.05, 3.63) is 52.7 Å². The van der Waals surface area contributed by atoms with Gasteiger partial charge in [-0.25, -0.2) is 4.39 Å². The van der Waals surface area contributed by atoms with Gasteiger partial charge in [0.05, 0.1) is 24.9 Å². The zero-order chi connectivity index (χ0) is 21.5. The van der Waals surface area contributed by atoms with Gasteiger partial charge in [-0.15, -0.1) is 24.0 Å². The highest BCUT2D eigenvalue weighted by molar-refractivity contribution is 14.0. The van der Waals surface area contributed by atoms with Crippen LogP contribution in [0.25, 0.3) is 0 Å². The number of aryl methyl sites for hydroxylation is 2. The van der Waals surface area contributed by atoms with Crippen LogP contribution in [0.15, 0.2) is 33.8 Å². The molecule has 2 N–H and O–H groups in total. The van der Waals surface area contributed by atoms with E-state index in [0.717, 1.165) is 41.6 Å². The molecule has 9 heteroatoms. The monoisotopic (exact) mass is 545 g/mol. The van der Waals surface area contributed by atoms with E-state index in [0.29, 0.717) is 26.3 Å². The summed E-state index contributed by atoms with van der Waals surface area (Å²) in [5, 5.41) is 10.9. The van der Waals surface area contributed by atoms with Crippen molar-refractivity contribution in [2.75, 3.05) is 46.4 Å². The normalized spacial score (nSPS) is 17.0. The molecule has 2 atom stereocenters. The Labute approximate surface area is 200 Å². The lowest BCUT2D eigenvalue weighted by atomic mass is 10.00. The van der Waals surface area contributed by atoms with Crippen LogP contribution in [-0.2, 0) is 4.74 Å². The van der Waals surface area contributed by atoms with Crippen LogP contribution in [0.3, 0.4) is 0 Å². The first kappa shape index (κ1) is 25.5. The lowest BCUT2D eigenvalue weighted by Gasteiger charge is -2.35. The molecule has 0 radical (unpaired) electrons. The van der Waals surface area contributed by atoms with Gasteiger partial charge in [0.15, 0.2) is 5.96 Å². The van der Waals surface area contributed by atoms with Gasteiger partial charge in [-0.3, -0.25) is 9.89 Å². The van der Waals surface area contributed by atoms with Crippen molar-refractivity contribution in [2.45, 2.75) is 32.7 Å². The molecule has 1 aliphatic rings. The van der Waals surface area contributed by atoms with Crippen molar-refractivity contribution < 1.29 is 13.7 Å². The SMILES string of the molecule is CN=C(NCC(C)c1c(C)noc1C)NCC(c1ccc(F)cc1)N1CCOCC1.I. The van der Waals surface area contributed by atoms with Crippen LogP contribution in [0.1, 0.15) is 41.5 Å². The summed E-state index contributed by atoms with van der Waals surface area (Å²) in [5.74, 6) is 1.60. The van der Waals surface area contributed by atoms with E-state index in [1.807, 2.05) is 26.0 Å². The number of hydrogen-bond acceptors (Lipinski definition) is 5. The number of guanidine groups is 1. The Kier molecular flexibility index (Phi) is 10.2. The Bertz CT molecular complexity index is 817. The number of halogens is 2. The number of aromatic nitrogens is 1. The van der Waals surface area contributed by atoms with Gasteiger partial charge in [0, 0.05) is 44.7 Å². The van der Waals surface area contributed by atoms with Crippen molar-refractivity contribution in [3.63, 3.8) is 0 Å². The van der Waals surface area contributed by atoms with Crippen LogP contribution < -0.4 is 10.6 Å². The molecule has 1 saturated heterocycles. The molecule has 1 aromatic carbocycles. The Morgan fingerprint density at radius 2 is 1.81 bits per heavy atom. The fourth-order valence-electron chi connectivity index (χ4n) is 3.99. The lowest BCUT2D eigenvalue weighted by molar-refractivity contribution is 0.0170. The molecule has 0 saturated carbocycles. The molecule has 7 nitrogen and oxygen atoms in total. The minimum atomic E-state index is -0.224. The second kappa shape index (κ2) is 12.4. The summed E-state index contributed by atoms with van der Waals surface area (Å²) in [6.07, 6.45) is 0. The summed E-state index contributed by atoms with van der Waals surface area (Å²) < 4.78 is 24.2. The largest absolute Gasteiger partial charge is 0.379 e. The van der Waals surface area contributed by atoms with Gasteiger partial charge in [0.25, 0.3) is 0 Å². The van der Waals surface area contributed by atoms with E-state index in [-0.39, 0.29) is 41.8 Å². The van der Waals surface area contributed by atoms with Gasteiger partial charge < -0.3 is 19.9 Å². The van der Waals surface area contributed by atoms with E-state index in [2.05, 4.69) is 32.6 Å². The van der Waals surface area contributed by atoms with Crippen LogP contribution in [0.4, 0.5) is 4.39 Å². The van der Waals surface area contributed by atoms with Gasteiger partial charge in [-0.2, -0.15) is 0 Å². The van der Waals surface area contributed by atoms with Crippen molar-refractivity contribution in [1.82, 2.24) is 20.7 Å². The number of ether oxygens (including phenoxy) is 1. The fraction of sp³-hybridized carbons (Fsp3) is 0.545. The predicted octanol–water partition coefficient (Wildman–Crippen LogP) is 3.39. The highest BCUT2D eigenvalue weighted by Crippen LogP contribution is 2.23. The van der Waals surface area contributed by atoms with Gasteiger partial charge in [-0.1, -0.05) is 24.2 Å². The lowest BCUT2D eigenvalue weighted by Crippen LogP contribution is -2.46. The van der Waals surface area contributed by atoms with Crippen LogP contribution >= 0.6 is 24.0 Å². The van der Waals surface area contributed by atoms with Crippen LogP contribution in [0.2, 0.25) is 0 Å². The average molecular weight is 545 g/mol. The Balaban J connectivity index is 0.00000341. The summed E-state index contributed by atoms with van der Waals surface area (Å²) in [7, 11) is 1.76. The number of morpholine rings is 1. The molecule has 3 rings (SSSR count). The van der Waals surface area contributed by atoms with Gasteiger partial charge in [0.1, 0.15) is 11.6 Å². The zero-order valence-corrected chi connectivity index (χ0v) is 21.0. The third-order valence-electron chi connectivity index (χ3n) is 5.58. The van der Waals surface area contributed by atoms with Crippen LogP contribution in [0, 0.1) is 19.7 Å². The maximum Gasteiger partial charge on any atom is 0.191 e. The van der Waals surface area contributed by atoms with Crippen molar-refractivity contribution >= 4 is 29.9 Å². The van der Waals surface area contributed by atoms with E-state index in [1.165, 1.54) is 12.1 Å². The molecule has 0 bridgehead atoms. The molecule has 0 spiro atoms. The van der Waals surface area contributed by atoms with Crippen molar-refractivity contribution in [1.29, 1.82) is 0 Å². The Morgan fingerprint density at radius 1 is 1.16 bits per heavy atom. The number of aliphatic imine (C=N–C) groups is 1. The van der Waals surface area contributed by atoms with Gasteiger partial charge >= 0.3 is 0 Å². The highest BCUT2D eigenvalue weighted by atomic mass is 127. The van der Waals surface area contributed by atoms with Gasteiger partial charge in [0.2, 0.25) is 0 Å². The topological polar surface area (TPSA) is 74.9 Å². The van der Waals surface area contributed by atoms with Crippen molar-refractivity contribution in [3.8, 4) is 0 Å². The number of nitrogens with one attached hydrogen (secondary N) is 2. The molecule has 1 aliphatic heterocycles. The molecule has 2 aromatic rings. The molecule has 1 aromatic heterocycles. The minimum Gasteiger partial charge on any atom is -0.379 e. The summed E-state index contributed by atoms with van der Waals surface area (Å²) in [6, 6.07) is 6.84. The molecule has 0 amide bonds. The zero-order valence-electron chi connectivity index (χ0n) is 18.7. The second-order valence-corrected chi connectivity index (χ2v) is 7.69. The Morgan fingerprint density at radius 3 is 2.39 bits per heavy atom. The molecule has 172 valence electrons. The maximum atomic E-state index is 13.4. The number of benzene rings is 1. The van der Waals surface area contributed by atoms with Crippen LogP contribution in [-0.4, -0.2) is 62.5 Å². The third-order valence-corrected chi connectivity index (χ3v) is 5.58. The van der Waals surface area contributed by atoms with E-state index in [9.17, 15) is 4.39 Å². The van der Waals surface area contributed by atoms with E-state index in [4.69, 9.17) is 9.26 Å². The fourth-order valence-corrected chi connectivity index (χ4v) is 3.99. The molecule has 2 unspecified atom stereocenters. The molecule has 31 heavy (non-hydrogen) atoms. The molecule has 2 heterocycles. The summed E-state index contributed by atoms with van der Waals surface area (Å²) in [6.45, 7) is 10.5.